The third-order valence-electron chi connectivity index (χ3n) is 4.90. The molecule has 0 saturated heterocycles. The Morgan fingerprint density at radius 3 is 2.56 bits per heavy atom. The highest BCUT2D eigenvalue weighted by molar-refractivity contribution is 7.99. The zero-order chi connectivity index (χ0) is 22.3. The number of hydrogen-bond donors (Lipinski definition) is 1. The van der Waals surface area contributed by atoms with Gasteiger partial charge in [0.2, 0.25) is 5.91 Å². The first kappa shape index (κ1) is 21.7. The van der Waals surface area contributed by atoms with E-state index in [1.165, 1.54) is 23.9 Å². The quantitative estimate of drug-likeness (QED) is 0.403. The van der Waals surface area contributed by atoms with Crippen molar-refractivity contribution in [1.29, 1.82) is 0 Å². The lowest BCUT2D eigenvalue weighted by molar-refractivity contribution is -0.119. The van der Waals surface area contributed by atoms with Gasteiger partial charge in [-0.05, 0) is 42.3 Å². The van der Waals surface area contributed by atoms with Crippen molar-refractivity contribution in [3.05, 3.63) is 96.1 Å². The molecule has 2 heterocycles. The Labute approximate surface area is 189 Å². The average molecular weight is 448 g/mol. The van der Waals surface area contributed by atoms with Gasteiger partial charge in [0.15, 0.2) is 11.0 Å². The fourth-order valence-corrected chi connectivity index (χ4v) is 4.01. The van der Waals surface area contributed by atoms with Crippen LogP contribution >= 0.6 is 11.8 Å². The molecule has 1 amide bonds. The highest BCUT2D eigenvalue weighted by atomic mass is 32.2. The van der Waals surface area contributed by atoms with Gasteiger partial charge in [0.25, 0.3) is 0 Å². The highest BCUT2D eigenvalue weighted by Crippen LogP contribution is 2.25. The minimum Gasteiger partial charge on any atom is -0.349 e. The summed E-state index contributed by atoms with van der Waals surface area (Å²) in [5.41, 5.74) is 2.81. The molecular weight excluding hydrogens is 425 g/mol. The van der Waals surface area contributed by atoms with Gasteiger partial charge in [0.05, 0.1) is 18.3 Å². The fourth-order valence-electron chi connectivity index (χ4n) is 3.26. The average Bonchev–Trinajstić information content (AvgIpc) is 3.21. The lowest BCUT2D eigenvalue weighted by atomic mass is 10.1. The molecule has 4 aromatic rings. The predicted molar refractivity (Wildman–Crippen MR) is 122 cm³/mol. The van der Waals surface area contributed by atoms with Gasteiger partial charge in [-0.2, -0.15) is 0 Å². The monoisotopic (exact) mass is 447 g/mol. The fraction of sp³-hybridized carbons (Fsp3) is 0.167. The molecule has 8 heteroatoms. The summed E-state index contributed by atoms with van der Waals surface area (Å²) in [5.74, 6) is 0.449. The first-order chi connectivity index (χ1) is 15.6. The topological polar surface area (TPSA) is 72.7 Å². The predicted octanol–water partition coefficient (Wildman–Crippen LogP) is 4.50. The van der Waals surface area contributed by atoms with Gasteiger partial charge in [0, 0.05) is 18.0 Å². The largest absolute Gasteiger partial charge is 0.349 e. The van der Waals surface area contributed by atoms with Gasteiger partial charge in [-0.3, -0.25) is 14.3 Å². The van der Waals surface area contributed by atoms with Crippen LogP contribution in [0.25, 0.3) is 11.4 Å². The van der Waals surface area contributed by atoms with Crippen molar-refractivity contribution in [2.24, 2.45) is 0 Å². The summed E-state index contributed by atoms with van der Waals surface area (Å²) in [6.45, 7) is 2.45. The van der Waals surface area contributed by atoms with Gasteiger partial charge in [-0.25, -0.2) is 4.39 Å². The van der Waals surface area contributed by atoms with E-state index in [0.717, 1.165) is 16.7 Å². The van der Waals surface area contributed by atoms with Crippen molar-refractivity contribution in [1.82, 2.24) is 25.1 Å². The normalized spacial score (nSPS) is 11.8. The Bertz CT molecular complexity index is 1170. The molecule has 0 fully saturated rings. The summed E-state index contributed by atoms with van der Waals surface area (Å²) in [6, 6.07) is 19.7. The molecule has 32 heavy (non-hydrogen) atoms. The molecule has 6 nitrogen and oxygen atoms in total. The SMILES string of the molecule is C[C@@H](NC(=O)CSc1nnc(-c2cccnc2)n1Cc1ccccc1)c1ccc(F)cc1. The number of halogens is 1. The maximum absolute atomic E-state index is 13.1. The molecule has 2 aromatic heterocycles. The van der Waals surface area contributed by atoms with Gasteiger partial charge >= 0.3 is 0 Å². The number of rotatable bonds is 8. The molecule has 0 aliphatic heterocycles. The van der Waals surface area contributed by atoms with Crippen LogP contribution in [0.2, 0.25) is 0 Å². The molecule has 0 aliphatic carbocycles. The molecule has 0 aliphatic rings. The van der Waals surface area contributed by atoms with Crippen LogP contribution in [-0.4, -0.2) is 31.4 Å². The first-order valence-corrected chi connectivity index (χ1v) is 11.1. The van der Waals surface area contributed by atoms with Crippen LogP contribution in [0.15, 0.2) is 84.3 Å². The van der Waals surface area contributed by atoms with E-state index in [9.17, 15) is 9.18 Å². The number of nitrogens with one attached hydrogen (secondary N) is 1. The summed E-state index contributed by atoms with van der Waals surface area (Å²) in [7, 11) is 0. The van der Waals surface area contributed by atoms with Crippen molar-refractivity contribution in [3.63, 3.8) is 0 Å². The molecule has 162 valence electrons. The van der Waals surface area contributed by atoms with E-state index >= 15 is 0 Å². The van der Waals surface area contributed by atoms with Gasteiger partial charge in [0.1, 0.15) is 5.82 Å². The minimum atomic E-state index is -0.301. The van der Waals surface area contributed by atoms with E-state index in [0.29, 0.717) is 17.5 Å². The first-order valence-electron chi connectivity index (χ1n) is 10.2. The van der Waals surface area contributed by atoms with E-state index in [2.05, 4.69) is 20.5 Å². The number of thioether (sulfide) groups is 1. The molecule has 2 aromatic carbocycles. The van der Waals surface area contributed by atoms with E-state index in [-0.39, 0.29) is 23.5 Å². The molecule has 0 spiro atoms. The zero-order valence-electron chi connectivity index (χ0n) is 17.5. The van der Waals surface area contributed by atoms with E-state index in [1.54, 1.807) is 24.5 Å². The third kappa shape index (κ3) is 5.39. The van der Waals surface area contributed by atoms with Crippen molar-refractivity contribution >= 4 is 17.7 Å². The minimum absolute atomic E-state index is 0.135. The van der Waals surface area contributed by atoms with Gasteiger partial charge < -0.3 is 5.32 Å². The summed E-state index contributed by atoms with van der Waals surface area (Å²) in [5, 5.41) is 12.3. The number of carbonyl (C=O) groups is 1. The Balaban J connectivity index is 1.48. The highest BCUT2D eigenvalue weighted by Gasteiger charge is 2.17. The Hall–Kier alpha value is -3.52. The summed E-state index contributed by atoms with van der Waals surface area (Å²) in [6.07, 6.45) is 3.46. The van der Waals surface area contributed by atoms with E-state index in [4.69, 9.17) is 0 Å². The number of benzene rings is 2. The lowest BCUT2D eigenvalue weighted by Crippen LogP contribution is -2.28. The van der Waals surface area contributed by atoms with Crippen molar-refractivity contribution in [2.45, 2.75) is 24.7 Å². The number of carbonyl (C=O) groups excluding carboxylic acids is 1. The molecule has 0 bridgehead atoms. The van der Waals surface area contributed by atoms with Crippen molar-refractivity contribution in [2.75, 3.05) is 5.75 Å². The Kier molecular flexibility index (Phi) is 6.91. The second-order valence-corrected chi connectivity index (χ2v) is 8.19. The second kappa shape index (κ2) is 10.2. The molecule has 0 radical (unpaired) electrons. The Morgan fingerprint density at radius 1 is 1.06 bits per heavy atom. The number of nitrogens with zero attached hydrogens (tertiary/aromatic N) is 4. The van der Waals surface area contributed by atoms with Crippen LogP contribution in [0.5, 0.6) is 0 Å². The molecule has 1 N–H and O–H groups in total. The van der Waals surface area contributed by atoms with Crippen LogP contribution in [0.3, 0.4) is 0 Å². The summed E-state index contributed by atoms with van der Waals surface area (Å²) in [4.78, 5) is 16.7. The lowest BCUT2D eigenvalue weighted by Gasteiger charge is -2.14. The number of pyridine rings is 1. The third-order valence-corrected chi connectivity index (χ3v) is 5.87. The molecular formula is C24H22FN5OS. The van der Waals surface area contributed by atoms with Gasteiger partial charge in [-0.15, -0.1) is 10.2 Å². The van der Waals surface area contributed by atoms with Crippen molar-refractivity contribution in [3.8, 4) is 11.4 Å². The van der Waals surface area contributed by atoms with Gasteiger partial charge in [-0.1, -0.05) is 54.2 Å². The number of amides is 1. The van der Waals surface area contributed by atoms with Crippen LogP contribution in [0, 0.1) is 5.82 Å². The molecule has 4 rings (SSSR count). The maximum Gasteiger partial charge on any atom is 0.230 e. The van der Waals surface area contributed by atoms with E-state index < -0.39 is 0 Å². The van der Waals surface area contributed by atoms with Crippen molar-refractivity contribution < 1.29 is 9.18 Å². The smallest absolute Gasteiger partial charge is 0.230 e. The van der Waals surface area contributed by atoms with Crippen LogP contribution in [0.1, 0.15) is 24.1 Å². The maximum atomic E-state index is 13.1. The summed E-state index contributed by atoms with van der Waals surface area (Å²) >= 11 is 1.33. The zero-order valence-corrected chi connectivity index (χ0v) is 18.3. The number of aromatic nitrogens is 4. The second-order valence-electron chi connectivity index (χ2n) is 7.25. The standard InChI is InChI=1S/C24H22FN5OS/c1-17(19-9-11-21(25)12-10-19)27-22(31)16-32-24-29-28-23(20-8-5-13-26-14-20)30(24)15-18-6-3-2-4-7-18/h2-14,17H,15-16H2,1H3,(H,27,31)/t17-/m1/s1. The van der Waals surface area contributed by atoms with Crippen LogP contribution in [0.4, 0.5) is 4.39 Å². The van der Waals surface area contributed by atoms with Crippen LogP contribution in [-0.2, 0) is 11.3 Å². The van der Waals surface area contributed by atoms with E-state index in [1.807, 2.05) is 54.0 Å². The number of hydrogen-bond acceptors (Lipinski definition) is 5. The van der Waals surface area contributed by atoms with Crippen LogP contribution < -0.4 is 5.32 Å². The summed E-state index contributed by atoms with van der Waals surface area (Å²) < 4.78 is 15.1. The molecule has 0 unspecified atom stereocenters. The Morgan fingerprint density at radius 2 is 1.84 bits per heavy atom. The molecule has 1 atom stereocenters. The molecule has 0 saturated carbocycles.